The second-order valence-electron chi connectivity index (χ2n) is 7.55. The van der Waals surface area contributed by atoms with E-state index >= 15 is 0 Å². The van der Waals surface area contributed by atoms with Crippen LogP contribution in [0.3, 0.4) is 0 Å². The molecule has 1 heterocycles. The molecule has 0 aliphatic rings. The maximum absolute atomic E-state index is 12.3. The highest BCUT2D eigenvalue weighted by Gasteiger charge is 2.12. The van der Waals surface area contributed by atoms with Gasteiger partial charge in [-0.1, -0.05) is 74.1 Å². The molecule has 1 amide bonds. The Morgan fingerprint density at radius 3 is 2.61 bits per heavy atom. The van der Waals surface area contributed by atoms with E-state index in [0.29, 0.717) is 11.1 Å². The van der Waals surface area contributed by atoms with E-state index in [4.69, 9.17) is 5.84 Å². The van der Waals surface area contributed by atoms with Gasteiger partial charge in [0.1, 0.15) is 0 Å². The van der Waals surface area contributed by atoms with Crippen LogP contribution in [-0.2, 0) is 4.79 Å². The molecule has 3 rings (SSSR count). The van der Waals surface area contributed by atoms with E-state index in [0.717, 1.165) is 23.4 Å². The van der Waals surface area contributed by atoms with Crippen molar-refractivity contribution in [3.05, 3.63) is 71.8 Å². The molecule has 1 unspecified atom stereocenters. The third-order valence-electron chi connectivity index (χ3n) is 5.02. The van der Waals surface area contributed by atoms with Gasteiger partial charge in [0.2, 0.25) is 11.1 Å². The molecule has 8 nitrogen and oxygen atoms in total. The number of amides is 1. The largest absolute Gasteiger partial charge is 0.334 e. The number of nitrogens with one attached hydrogen (secondary N) is 2. The molecule has 1 aromatic heterocycles. The standard InChI is InChI=1S/C24H29N7OS/c1-4-17(2)20-12-14-21(15-13-20)26-22(32)16-33-24-30-29-23(31(24)25)28-27-18(3)10-11-19-8-6-5-7-9-19/h5-15,17H,4,16,25H2,1-3H3,(H,26,32)(H,28,29)/b11-10+,27-18+. The monoisotopic (exact) mass is 463 g/mol. The van der Waals surface area contributed by atoms with E-state index in [-0.39, 0.29) is 17.6 Å². The second-order valence-corrected chi connectivity index (χ2v) is 8.50. The van der Waals surface area contributed by atoms with Crippen LogP contribution in [0.25, 0.3) is 6.08 Å². The number of hydrogen-bond acceptors (Lipinski definition) is 7. The minimum atomic E-state index is -0.145. The van der Waals surface area contributed by atoms with E-state index in [2.05, 4.69) is 39.9 Å². The third kappa shape index (κ3) is 7.21. The van der Waals surface area contributed by atoms with Gasteiger partial charge < -0.3 is 11.2 Å². The molecule has 33 heavy (non-hydrogen) atoms. The summed E-state index contributed by atoms with van der Waals surface area (Å²) in [5.74, 6) is 6.83. The first kappa shape index (κ1) is 24.1. The van der Waals surface area contributed by atoms with E-state index in [1.807, 2.05) is 73.7 Å². The molecule has 2 aromatic carbocycles. The maximum Gasteiger partial charge on any atom is 0.264 e. The molecule has 4 N–H and O–H groups in total. The number of benzene rings is 2. The fraction of sp³-hybridized carbons (Fsp3) is 0.250. The molecule has 0 saturated heterocycles. The van der Waals surface area contributed by atoms with E-state index in [1.54, 1.807) is 0 Å². The fourth-order valence-corrected chi connectivity index (χ4v) is 3.52. The molecule has 172 valence electrons. The Morgan fingerprint density at radius 2 is 1.91 bits per heavy atom. The minimum absolute atomic E-state index is 0.145. The Labute approximate surface area is 198 Å². The Kier molecular flexibility index (Phi) is 8.65. The Bertz CT molecular complexity index is 1110. The number of anilines is 2. The molecule has 0 aliphatic carbocycles. The lowest BCUT2D eigenvalue weighted by atomic mass is 9.99. The van der Waals surface area contributed by atoms with Gasteiger partial charge in [-0.05, 0) is 48.6 Å². The number of nitrogens with zero attached hydrogens (tertiary/aromatic N) is 4. The first-order valence-corrected chi connectivity index (χ1v) is 11.7. The zero-order valence-electron chi connectivity index (χ0n) is 19.0. The first-order chi connectivity index (χ1) is 16.0. The predicted molar refractivity (Wildman–Crippen MR) is 137 cm³/mol. The molecule has 0 aliphatic heterocycles. The molecule has 0 fully saturated rings. The summed E-state index contributed by atoms with van der Waals surface area (Å²) in [6, 6.07) is 17.9. The van der Waals surface area contributed by atoms with E-state index < -0.39 is 0 Å². The number of hydrogen-bond donors (Lipinski definition) is 3. The number of hydrazone groups is 1. The van der Waals surface area contributed by atoms with Crippen LogP contribution in [0.5, 0.6) is 0 Å². The smallest absolute Gasteiger partial charge is 0.264 e. The molecule has 9 heteroatoms. The van der Waals surface area contributed by atoms with Crippen LogP contribution in [0.1, 0.15) is 44.2 Å². The molecule has 0 spiro atoms. The van der Waals surface area contributed by atoms with Crippen LogP contribution in [0.2, 0.25) is 0 Å². The van der Waals surface area contributed by atoms with Crippen molar-refractivity contribution in [1.29, 1.82) is 0 Å². The lowest BCUT2D eigenvalue weighted by Gasteiger charge is -2.10. The van der Waals surface area contributed by atoms with Gasteiger partial charge in [-0.25, -0.2) is 10.1 Å². The fourth-order valence-electron chi connectivity index (χ4n) is 2.87. The summed E-state index contributed by atoms with van der Waals surface area (Å²) in [4.78, 5) is 12.3. The Hall–Kier alpha value is -3.59. The number of rotatable bonds is 10. The SMILES string of the molecule is CCC(C)c1ccc(NC(=O)CSc2nnc(N/N=C(C)/C=C/c3ccccc3)n2N)cc1. The van der Waals surface area contributed by atoms with Crippen molar-refractivity contribution in [2.75, 3.05) is 22.3 Å². The number of carbonyl (C=O) groups is 1. The van der Waals surface area contributed by atoms with Crippen molar-refractivity contribution >= 4 is 41.1 Å². The lowest BCUT2D eigenvalue weighted by molar-refractivity contribution is -0.113. The Balaban J connectivity index is 1.50. The van der Waals surface area contributed by atoms with Crippen molar-refractivity contribution in [2.24, 2.45) is 5.10 Å². The number of thioether (sulfide) groups is 1. The van der Waals surface area contributed by atoms with Crippen LogP contribution in [-0.4, -0.2) is 32.2 Å². The average Bonchev–Trinajstić information content (AvgIpc) is 3.19. The number of allylic oxidation sites excluding steroid dienone is 1. The normalized spacial score (nSPS) is 12.6. The van der Waals surface area contributed by atoms with Gasteiger partial charge >= 0.3 is 0 Å². The van der Waals surface area contributed by atoms with Crippen molar-refractivity contribution in [1.82, 2.24) is 14.9 Å². The van der Waals surface area contributed by atoms with Crippen LogP contribution < -0.4 is 16.6 Å². The summed E-state index contributed by atoms with van der Waals surface area (Å²) in [7, 11) is 0. The lowest BCUT2D eigenvalue weighted by Crippen LogP contribution is -2.17. The molecule has 1 atom stereocenters. The predicted octanol–water partition coefficient (Wildman–Crippen LogP) is 4.74. The van der Waals surface area contributed by atoms with Crippen LogP contribution in [0, 0.1) is 0 Å². The van der Waals surface area contributed by atoms with Gasteiger partial charge in [0.25, 0.3) is 5.95 Å². The molecule has 3 aromatic rings. The summed E-state index contributed by atoms with van der Waals surface area (Å²) in [5, 5.41) is 15.6. The van der Waals surface area contributed by atoms with E-state index in [1.165, 1.54) is 22.0 Å². The van der Waals surface area contributed by atoms with Crippen molar-refractivity contribution in [3.63, 3.8) is 0 Å². The summed E-state index contributed by atoms with van der Waals surface area (Å²) < 4.78 is 1.27. The molecule has 0 radical (unpaired) electrons. The second kappa shape index (κ2) is 11.9. The first-order valence-electron chi connectivity index (χ1n) is 10.7. The molecule has 0 saturated carbocycles. The van der Waals surface area contributed by atoms with Gasteiger partial charge in [0, 0.05) is 5.69 Å². The van der Waals surface area contributed by atoms with Crippen molar-refractivity contribution in [2.45, 2.75) is 38.3 Å². The highest BCUT2D eigenvalue weighted by atomic mass is 32.2. The van der Waals surface area contributed by atoms with Crippen molar-refractivity contribution in [3.8, 4) is 0 Å². The zero-order chi connectivity index (χ0) is 23.6. The molecular weight excluding hydrogens is 434 g/mol. The van der Waals surface area contributed by atoms with Crippen LogP contribution >= 0.6 is 11.8 Å². The average molecular weight is 464 g/mol. The molecule has 0 bridgehead atoms. The van der Waals surface area contributed by atoms with E-state index in [9.17, 15) is 4.79 Å². The summed E-state index contributed by atoms with van der Waals surface area (Å²) in [6.07, 6.45) is 4.93. The summed E-state index contributed by atoms with van der Waals surface area (Å²) >= 11 is 1.20. The van der Waals surface area contributed by atoms with Crippen LogP contribution in [0.4, 0.5) is 11.6 Å². The summed E-state index contributed by atoms with van der Waals surface area (Å²) in [5.41, 5.74) is 6.65. The minimum Gasteiger partial charge on any atom is -0.334 e. The number of nitrogens with two attached hydrogens (primary N) is 1. The summed E-state index contributed by atoms with van der Waals surface area (Å²) in [6.45, 7) is 6.20. The topological polar surface area (TPSA) is 110 Å². The molecular formula is C24H29N7OS. The van der Waals surface area contributed by atoms with Crippen LogP contribution in [0.15, 0.2) is 70.9 Å². The Morgan fingerprint density at radius 1 is 1.18 bits per heavy atom. The quantitative estimate of drug-likeness (QED) is 0.173. The van der Waals surface area contributed by atoms with Gasteiger partial charge in [-0.15, -0.1) is 10.2 Å². The number of carbonyl (C=O) groups excluding carboxylic acids is 1. The zero-order valence-corrected chi connectivity index (χ0v) is 19.8. The number of aromatic nitrogens is 3. The maximum atomic E-state index is 12.3. The number of nitrogen functional groups attached to an aromatic ring is 1. The van der Waals surface area contributed by atoms with Gasteiger partial charge in [-0.2, -0.15) is 5.10 Å². The van der Waals surface area contributed by atoms with Gasteiger partial charge in [0.15, 0.2) is 0 Å². The highest BCUT2D eigenvalue weighted by molar-refractivity contribution is 7.99. The van der Waals surface area contributed by atoms with Gasteiger partial charge in [-0.3, -0.25) is 4.79 Å². The highest BCUT2D eigenvalue weighted by Crippen LogP contribution is 2.21. The van der Waals surface area contributed by atoms with Gasteiger partial charge in [0.05, 0.1) is 11.5 Å². The third-order valence-corrected chi connectivity index (χ3v) is 5.96. The van der Waals surface area contributed by atoms with Crippen molar-refractivity contribution < 1.29 is 4.79 Å².